The Morgan fingerprint density at radius 2 is 1.54 bits per heavy atom. The van der Waals surface area contributed by atoms with Crippen LogP contribution in [-0.4, -0.2) is 68.8 Å². The van der Waals surface area contributed by atoms with Gasteiger partial charge in [0, 0.05) is 6.54 Å². The van der Waals surface area contributed by atoms with E-state index in [9.17, 15) is 30.3 Å². The summed E-state index contributed by atoms with van der Waals surface area (Å²) < 4.78 is 10.9. The van der Waals surface area contributed by atoms with Crippen molar-refractivity contribution in [3.05, 3.63) is 83.9 Å². The molecule has 3 aromatic rings. The van der Waals surface area contributed by atoms with E-state index in [-0.39, 0.29) is 23.6 Å². The molecule has 3 aromatic carbocycles. The van der Waals surface area contributed by atoms with E-state index < -0.39 is 43.2 Å². The highest BCUT2D eigenvalue weighted by Gasteiger charge is 2.45. The monoisotopic (exact) mass is 481 g/mol. The molecule has 6 N–H and O–H groups in total. The van der Waals surface area contributed by atoms with Crippen molar-refractivity contribution in [2.75, 3.05) is 6.61 Å². The van der Waals surface area contributed by atoms with Crippen molar-refractivity contribution in [3.8, 4) is 22.6 Å². The van der Waals surface area contributed by atoms with Crippen LogP contribution in [0.25, 0.3) is 11.1 Å². The van der Waals surface area contributed by atoms with E-state index in [1.807, 2.05) is 54.6 Å². The highest BCUT2D eigenvalue weighted by molar-refractivity contribution is 5.99. The van der Waals surface area contributed by atoms with Gasteiger partial charge in [-0.15, -0.1) is 0 Å². The maximum absolute atomic E-state index is 12.9. The molecule has 9 heteroatoms. The van der Waals surface area contributed by atoms with Crippen LogP contribution in [0.4, 0.5) is 0 Å². The number of phenols is 1. The zero-order valence-electron chi connectivity index (χ0n) is 18.7. The number of hydrogen-bond donors (Lipinski definition) is 6. The second kappa shape index (κ2) is 10.9. The first-order valence-electron chi connectivity index (χ1n) is 11.1. The molecule has 35 heavy (non-hydrogen) atoms. The van der Waals surface area contributed by atoms with Crippen LogP contribution >= 0.6 is 0 Å². The van der Waals surface area contributed by atoms with Crippen LogP contribution in [0.5, 0.6) is 11.5 Å². The first-order valence-corrected chi connectivity index (χ1v) is 11.1. The maximum Gasteiger partial charge on any atom is 0.259 e. The number of hydrogen-bond acceptors (Lipinski definition) is 8. The average molecular weight is 482 g/mol. The van der Waals surface area contributed by atoms with Gasteiger partial charge in [0.05, 0.1) is 6.61 Å². The maximum atomic E-state index is 12.9. The molecular weight excluding hydrogens is 454 g/mol. The van der Waals surface area contributed by atoms with Gasteiger partial charge in [0.2, 0.25) is 6.29 Å². The van der Waals surface area contributed by atoms with Gasteiger partial charge in [0.25, 0.3) is 5.91 Å². The largest absolute Gasteiger partial charge is 0.507 e. The molecule has 0 bridgehead atoms. The van der Waals surface area contributed by atoms with Crippen molar-refractivity contribution in [2.45, 2.75) is 37.3 Å². The molecule has 0 aromatic heterocycles. The van der Waals surface area contributed by atoms with Gasteiger partial charge in [-0.25, -0.2) is 0 Å². The van der Waals surface area contributed by atoms with Crippen molar-refractivity contribution in [3.63, 3.8) is 0 Å². The molecule has 1 aliphatic heterocycles. The smallest absolute Gasteiger partial charge is 0.259 e. The summed E-state index contributed by atoms with van der Waals surface area (Å²) in [7, 11) is 0. The number of ether oxygens (including phenoxy) is 2. The first kappa shape index (κ1) is 24.6. The van der Waals surface area contributed by atoms with Gasteiger partial charge in [-0.1, -0.05) is 60.7 Å². The van der Waals surface area contributed by atoms with Crippen LogP contribution in [0.1, 0.15) is 15.9 Å². The lowest BCUT2D eigenvalue weighted by Gasteiger charge is -2.39. The van der Waals surface area contributed by atoms with Crippen LogP contribution in [0.2, 0.25) is 0 Å². The molecule has 1 fully saturated rings. The number of aromatic hydroxyl groups is 1. The van der Waals surface area contributed by atoms with Crippen LogP contribution in [0.15, 0.2) is 72.8 Å². The van der Waals surface area contributed by atoms with E-state index in [1.165, 1.54) is 18.2 Å². The molecule has 0 spiro atoms. The SMILES string of the molecule is O=C(NCc1ccc(-c2ccccc2)cc1)c1c(O)cccc1O[C@@H]1O[C@H](CO)[C@@H](O)[C@H](O)[C@H]1O. The van der Waals surface area contributed by atoms with E-state index in [0.29, 0.717) is 0 Å². The number of carbonyl (C=O) groups excluding carboxylic acids is 1. The van der Waals surface area contributed by atoms with Crippen molar-refractivity contribution in [1.29, 1.82) is 0 Å². The van der Waals surface area contributed by atoms with Gasteiger partial charge in [-0.05, 0) is 28.8 Å². The molecule has 0 saturated carbocycles. The zero-order chi connectivity index (χ0) is 24.9. The number of carbonyl (C=O) groups is 1. The molecule has 1 heterocycles. The first-order chi connectivity index (χ1) is 16.9. The van der Waals surface area contributed by atoms with E-state index in [0.717, 1.165) is 16.7 Å². The highest BCUT2D eigenvalue weighted by atomic mass is 16.7. The summed E-state index contributed by atoms with van der Waals surface area (Å²) in [5.41, 5.74) is 2.76. The lowest BCUT2D eigenvalue weighted by Crippen LogP contribution is -2.60. The van der Waals surface area contributed by atoms with Crippen molar-refractivity contribution in [2.24, 2.45) is 0 Å². The van der Waals surface area contributed by atoms with Gasteiger partial charge in [-0.2, -0.15) is 0 Å². The lowest BCUT2D eigenvalue weighted by atomic mass is 9.99. The summed E-state index contributed by atoms with van der Waals surface area (Å²) >= 11 is 0. The van der Waals surface area contributed by atoms with E-state index >= 15 is 0 Å². The molecule has 9 nitrogen and oxygen atoms in total. The summed E-state index contributed by atoms with van der Waals surface area (Å²) in [6.07, 6.45) is -7.51. The number of phenolic OH excluding ortho intramolecular Hbond substituents is 1. The predicted octanol–water partition coefficient (Wildman–Crippen LogP) is 1.17. The van der Waals surface area contributed by atoms with Crippen LogP contribution in [0.3, 0.4) is 0 Å². The van der Waals surface area contributed by atoms with Crippen LogP contribution in [-0.2, 0) is 11.3 Å². The molecule has 1 aliphatic rings. The average Bonchev–Trinajstić information content (AvgIpc) is 2.88. The van der Waals surface area contributed by atoms with Gasteiger partial charge >= 0.3 is 0 Å². The van der Waals surface area contributed by atoms with Gasteiger partial charge in [0.15, 0.2) is 0 Å². The lowest BCUT2D eigenvalue weighted by molar-refractivity contribution is -0.277. The van der Waals surface area contributed by atoms with Gasteiger partial charge in [-0.3, -0.25) is 4.79 Å². The highest BCUT2D eigenvalue weighted by Crippen LogP contribution is 2.31. The summed E-state index contributed by atoms with van der Waals surface area (Å²) in [6, 6.07) is 21.7. The van der Waals surface area contributed by atoms with Crippen LogP contribution in [0, 0.1) is 0 Å². The molecule has 1 saturated heterocycles. The third-order valence-corrected chi connectivity index (χ3v) is 5.84. The number of amides is 1. The quantitative estimate of drug-likeness (QED) is 0.295. The fourth-order valence-corrected chi connectivity index (χ4v) is 3.85. The number of aliphatic hydroxyl groups excluding tert-OH is 4. The zero-order valence-corrected chi connectivity index (χ0v) is 18.7. The molecule has 4 rings (SSSR count). The molecular formula is C26H27NO8. The van der Waals surface area contributed by atoms with E-state index in [2.05, 4.69) is 5.32 Å². The predicted molar refractivity (Wildman–Crippen MR) is 126 cm³/mol. The van der Waals surface area contributed by atoms with Crippen molar-refractivity contribution in [1.82, 2.24) is 5.32 Å². The molecule has 0 radical (unpaired) electrons. The molecule has 0 aliphatic carbocycles. The fourth-order valence-electron chi connectivity index (χ4n) is 3.85. The van der Waals surface area contributed by atoms with Gasteiger partial charge < -0.3 is 40.3 Å². The fraction of sp³-hybridized carbons (Fsp3) is 0.269. The van der Waals surface area contributed by atoms with Gasteiger partial charge in [0.1, 0.15) is 41.5 Å². The van der Waals surface area contributed by atoms with Crippen LogP contribution < -0.4 is 10.1 Å². The third kappa shape index (κ3) is 5.45. The standard InChI is InChI=1S/C26H27NO8/c28-14-20-22(30)23(31)24(32)26(35-20)34-19-8-4-7-18(29)21(19)25(33)27-13-15-9-11-17(12-10-15)16-5-2-1-3-6-16/h1-12,20,22-24,26,28-32H,13-14H2,(H,27,33)/t20-,22-,23+,24-,26-/m1/s1. The number of nitrogens with one attached hydrogen (secondary N) is 1. The number of rotatable bonds is 7. The third-order valence-electron chi connectivity index (χ3n) is 5.84. The Balaban J connectivity index is 1.46. The summed E-state index contributed by atoms with van der Waals surface area (Å²) in [5, 5.41) is 52.6. The van der Waals surface area contributed by atoms with E-state index in [1.54, 1.807) is 0 Å². The second-order valence-corrected chi connectivity index (χ2v) is 8.21. The Bertz CT molecular complexity index is 1140. The Labute approximate surface area is 201 Å². The normalized spacial score (nSPS) is 24.1. The molecule has 1 amide bonds. The molecule has 184 valence electrons. The van der Waals surface area contributed by atoms with Crippen molar-refractivity contribution < 1.29 is 39.8 Å². The van der Waals surface area contributed by atoms with E-state index in [4.69, 9.17) is 9.47 Å². The minimum absolute atomic E-state index is 0.105. The Kier molecular flexibility index (Phi) is 7.64. The molecule has 0 unspecified atom stereocenters. The Morgan fingerprint density at radius 1 is 0.857 bits per heavy atom. The number of benzene rings is 3. The number of aliphatic hydroxyl groups is 4. The minimum atomic E-state index is -1.66. The molecule has 5 atom stereocenters. The topological polar surface area (TPSA) is 149 Å². The summed E-state index contributed by atoms with van der Waals surface area (Å²) in [5.74, 6) is -1.09. The minimum Gasteiger partial charge on any atom is -0.507 e. The summed E-state index contributed by atoms with van der Waals surface area (Å²) in [4.78, 5) is 12.9. The second-order valence-electron chi connectivity index (χ2n) is 8.21. The summed E-state index contributed by atoms with van der Waals surface area (Å²) in [6.45, 7) is -0.441. The Morgan fingerprint density at radius 3 is 2.23 bits per heavy atom. The van der Waals surface area contributed by atoms with Crippen molar-refractivity contribution >= 4 is 5.91 Å². The Hall–Kier alpha value is -3.47.